The molecule has 0 aliphatic carbocycles. The molecule has 0 saturated carbocycles. The van der Waals surface area contributed by atoms with E-state index in [1.807, 2.05) is 0 Å². The third kappa shape index (κ3) is 11.7. The van der Waals surface area contributed by atoms with E-state index in [1.165, 1.54) is 0 Å². The van der Waals surface area contributed by atoms with Crippen molar-refractivity contribution in [1.29, 1.82) is 0 Å². The van der Waals surface area contributed by atoms with Crippen LogP contribution in [0.3, 0.4) is 0 Å². The maximum Gasteiger partial charge on any atom is 0.412 e. The summed E-state index contributed by atoms with van der Waals surface area (Å²) >= 11 is 0. The molecule has 0 heterocycles. The molecule has 2 N–H and O–H groups in total. The van der Waals surface area contributed by atoms with E-state index in [2.05, 4.69) is 23.8 Å². The molecule has 2 aromatic rings. The van der Waals surface area contributed by atoms with E-state index in [-0.39, 0.29) is 58.5 Å². The summed E-state index contributed by atoms with van der Waals surface area (Å²) in [5, 5.41) is 6.32. The van der Waals surface area contributed by atoms with Gasteiger partial charge in [-0.2, -0.15) is 0 Å². The van der Waals surface area contributed by atoms with Gasteiger partial charge in [0.15, 0.2) is 0 Å². The molecule has 12 nitrogen and oxygen atoms in total. The number of carbonyl (C=O) groups excluding carboxylic acids is 4. The Morgan fingerprint density at radius 3 is 1.76 bits per heavy atom. The number of hydrogen-bond acceptors (Lipinski definition) is 10. The summed E-state index contributed by atoms with van der Waals surface area (Å²) in [6, 6.07) is 8.57. The van der Waals surface area contributed by atoms with E-state index in [9.17, 15) is 19.2 Å². The van der Waals surface area contributed by atoms with Crippen molar-refractivity contribution in [3.8, 4) is 11.5 Å². The van der Waals surface area contributed by atoms with Gasteiger partial charge in [-0.05, 0) is 32.4 Å². The predicted molar refractivity (Wildman–Crippen MR) is 150 cm³/mol. The van der Waals surface area contributed by atoms with Gasteiger partial charge in [-0.25, -0.2) is 19.2 Å². The minimum Gasteiger partial charge on any atom is -0.460 e. The summed E-state index contributed by atoms with van der Waals surface area (Å²) in [7, 11) is 0. The van der Waals surface area contributed by atoms with Crippen LogP contribution >= 0.6 is 0 Å². The summed E-state index contributed by atoms with van der Waals surface area (Å²) in [6.07, 6.45) is -1.37. The molecular formula is C29H36N2O10. The van der Waals surface area contributed by atoms with Crippen LogP contribution in [-0.4, -0.2) is 76.9 Å². The third-order valence-corrected chi connectivity index (χ3v) is 5.22. The van der Waals surface area contributed by atoms with Gasteiger partial charge < -0.3 is 39.1 Å². The van der Waals surface area contributed by atoms with Crippen LogP contribution in [0.1, 0.15) is 19.4 Å². The van der Waals surface area contributed by atoms with Gasteiger partial charge in [0.25, 0.3) is 0 Å². The second-order valence-electron chi connectivity index (χ2n) is 8.75. The van der Waals surface area contributed by atoms with Crippen molar-refractivity contribution in [2.45, 2.75) is 20.8 Å². The second kappa shape index (κ2) is 17.3. The van der Waals surface area contributed by atoms with Crippen molar-refractivity contribution in [3.63, 3.8) is 0 Å². The molecule has 0 fully saturated rings. The molecule has 0 spiro atoms. The Balaban J connectivity index is 1.81. The molecule has 0 aliphatic heterocycles. The first-order valence-electron chi connectivity index (χ1n) is 12.8. The van der Waals surface area contributed by atoms with E-state index in [1.54, 1.807) is 51.1 Å². The fraction of sp³-hybridized carbons (Fsp3) is 0.379. The fourth-order valence-electron chi connectivity index (χ4n) is 3.19. The van der Waals surface area contributed by atoms with E-state index in [0.717, 1.165) is 0 Å². The maximum absolute atomic E-state index is 12.4. The average Bonchev–Trinajstić information content (AvgIpc) is 2.93. The number of aryl methyl sites for hydroxylation is 1. The number of benzene rings is 2. The largest absolute Gasteiger partial charge is 0.460 e. The fourth-order valence-corrected chi connectivity index (χ4v) is 3.19. The highest BCUT2D eigenvalue weighted by molar-refractivity contribution is 5.96. The van der Waals surface area contributed by atoms with Crippen molar-refractivity contribution in [2.24, 2.45) is 0 Å². The van der Waals surface area contributed by atoms with Crippen LogP contribution in [0.4, 0.5) is 9.59 Å². The average molecular weight is 573 g/mol. The molecular weight excluding hydrogens is 536 g/mol. The van der Waals surface area contributed by atoms with Crippen LogP contribution < -0.4 is 20.1 Å². The minimum atomic E-state index is -0.690. The molecule has 0 atom stereocenters. The molecule has 0 aromatic heterocycles. The molecule has 2 amide bonds. The number of amides is 2. The van der Waals surface area contributed by atoms with Gasteiger partial charge in [-0.1, -0.05) is 37.4 Å². The smallest absolute Gasteiger partial charge is 0.412 e. The van der Waals surface area contributed by atoms with Gasteiger partial charge in [0.05, 0.1) is 26.4 Å². The molecule has 41 heavy (non-hydrogen) atoms. The number of hydrogen-bond donors (Lipinski definition) is 2. The van der Waals surface area contributed by atoms with Crippen LogP contribution in [0.2, 0.25) is 0 Å². The number of nitrogens with one attached hydrogen (secondary N) is 2. The first-order valence-corrected chi connectivity index (χ1v) is 12.8. The number of ether oxygens (including phenoxy) is 6. The van der Waals surface area contributed by atoms with Gasteiger partial charge >= 0.3 is 24.1 Å². The summed E-state index contributed by atoms with van der Waals surface area (Å²) in [6.45, 7) is 13.1. The standard InChI is InChI=1S/C29H36N2O10/c1-19(2)26(32)38-17-15-36-13-11-30-28(34)40-24-8-6-7-23-22(24)10-9-21(5)25(23)41-29(35)31-12-14-37-16-18-39-27(33)20(3)4/h6-10H,1,3,11-18H2,2,4-5H3,(H,30,34)(H,31,35). The van der Waals surface area contributed by atoms with E-state index >= 15 is 0 Å². The normalized spacial score (nSPS) is 10.4. The topological polar surface area (TPSA) is 148 Å². The molecule has 0 unspecified atom stereocenters. The Bertz CT molecular complexity index is 1260. The van der Waals surface area contributed by atoms with Crippen molar-refractivity contribution >= 4 is 34.9 Å². The summed E-state index contributed by atoms with van der Waals surface area (Å²) in [5.41, 5.74) is 1.31. The van der Waals surface area contributed by atoms with E-state index < -0.39 is 24.1 Å². The Kier molecular flexibility index (Phi) is 13.8. The van der Waals surface area contributed by atoms with Crippen LogP contribution in [0.15, 0.2) is 54.6 Å². The molecule has 2 aromatic carbocycles. The molecule has 12 heteroatoms. The summed E-state index contributed by atoms with van der Waals surface area (Å²) in [5.74, 6) is -0.383. The molecule has 222 valence electrons. The second-order valence-corrected chi connectivity index (χ2v) is 8.75. The molecule has 0 radical (unpaired) electrons. The number of esters is 2. The Morgan fingerprint density at radius 2 is 1.22 bits per heavy atom. The lowest BCUT2D eigenvalue weighted by atomic mass is 10.1. The Hall–Kier alpha value is -4.42. The predicted octanol–water partition coefficient (Wildman–Crippen LogP) is 3.60. The van der Waals surface area contributed by atoms with Crippen LogP contribution in [0.25, 0.3) is 10.8 Å². The van der Waals surface area contributed by atoms with Gasteiger partial charge in [-0.3, -0.25) is 0 Å². The van der Waals surface area contributed by atoms with Crippen molar-refractivity contribution in [3.05, 3.63) is 60.2 Å². The van der Waals surface area contributed by atoms with E-state index in [4.69, 9.17) is 28.4 Å². The van der Waals surface area contributed by atoms with Crippen LogP contribution in [0, 0.1) is 6.92 Å². The molecule has 0 aliphatic rings. The first-order chi connectivity index (χ1) is 19.6. The third-order valence-electron chi connectivity index (χ3n) is 5.22. The SMILES string of the molecule is C=C(C)C(=O)OCCOCCNC(=O)Oc1cccc2c(OC(=O)NCCOCCOC(=O)C(=C)C)c(C)ccc12. The first kappa shape index (κ1) is 32.8. The molecule has 0 bridgehead atoms. The number of carbonyl (C=O) groups is 4. The van der Waals surface area contributed by atoms with Crippen LogP contribution in [-0.2, 0) is 28.5 Å². The lowest BCUT2D eigenvalue weighted by Crippen LogP contribution is -2.31. The number of fused-ring (bicyclic) bond motifs is 1. The van der Waals surface area contributed by atoms with Crippen molar-refractivity contribution in [1.82, 2.24) is 10.6 Å². The van der Waals surface area contributed by atoms with Gasteiger partial charge in [-0.15, -0.1) is 0 Å². The van der Waals surface area contributed by atoms with Crippen molar-refractivity contribution in [2.75, 3.05) is 52.7 Å². The van der Waals surface area contributed by atoms with Crippen LogP contribution in [0.5, 0.6) is 11.5 Å². The monoisotopic (exact) mass is 572 g/mol. The van der Waals surface area contributed by atoms with E-state index in [0.29, 0.717) is 33.2 Å². The lowest BCUT2D eigenvalue weighted by molar-refractivity contribution is -0.141. The zero-order valence-electron chi connectivity index (χ0n) is 23.5. The summed E-state index contributed by atoms with van der Waals surface area (Å²) in [4.78, 5) is 47.3. The molecule has 0 saturated heterocycles. The highest BCUT2D eigenvalue weighted by atomic mass is 16.6. The van der Waals surface area contributed by atoms with Gasteiger partial charge in [0.1, 0.15) is 24.7 Å². The minimum absolute atomic E-state index is 0.0797. The quantitative estimate of drug-likeness (QED) is 0.174. The summed E-state index contributed by atoms with van der Waals surface area (Å²) < 4.78 is 31.5. The van der Waals surface area contributed by atoms with Crippen molar-refractivity contribution < 1.29 is 47.6 Å². The highest BCUT2D eigenvalue weighted by Crippen LogP contribution is 2.35. The zero-order valence-corrected chi connectivity index (χ0v) is 23.5. The zero-order chi connectivity index (χ0) is 30.2. The lowest BCUT2D eigenvalue weighted by Gasteiger charge is -2.14. The van der Waals surface area contributed by atoms with Gasteiger partial charge in [0, 0.05) is 35.0 Å². The maximum atomic E-state index is 12.4. The Morgan fingerprint density at radius 1 is 0.683 bits per heavy atom. The van der Waals surface area contributed by atoms with Gasteiger partial charge in [0.2, 0.25) is 0 Å². The number of rotatable bonds is 16. The Labute approximate surface area is 238 Å². The highest BCUT2D eigenvalue weighted by Gasteiger charge is 2.15. The molecule has 2 rings (SSSR count).